The minimum atomic E-state index is -4.58. The molecule has 3 heterocycles. The number of anilines is 1. The largest absolute Gasteiger partial charge is 0.417 e. The van der Waals surface area contributed by atoms with Crippen LogP contribution in [-0.2, 0) is 11.0 Å². The third kappa shape index (κ3) is 4.39. The van der Waals surface area contributed by atoms with E-state index >= 15 is 0 Å². The number of hydrogen-bond donors (Lipinski definition) is 1. The summed E-state index contributed by atoms with van der Waals surface area (Å²) in [6, 6.07) is 9.56. The van der Waals surface area contributed by atoms with Gasteiger partial charge in [0.25, 0.3) is 0 Å². The van der Waals surface area contributed by atoms with E-state index in [1.165, 1.54) is 23.5 Å². The van der Waals surface area contributed by atoms with Crippen LogP contribution in [0.1, 0.15) is 16.3 Å². The summed E-state index contributed by atoms with van der Waals surface area (Å²) in [5, 5.41) is 5.19. The lowest BCUT2D eigenvalue weighted by atomic mass is 10.1. The highest BCUT2D eigenvalue weighted by Crippen LogP contribution is 2.40. The first-order valence-corrected chi connectivity index (χ1v) is 10.3. The zero-order chi connectivity index (χ0) is 21.3. The lowest BCUT2D eigenvalue weighted by Crippen LogP contribution is -2.07. The number of nitrogens with zero attached hydrogens (tertiary/aromatic N) is 3. The molecule has 10 heteroatoms. The van der Waals surface area contributed by atoms with Crippen molar-refractivity contribution in [2.45, 2.75) is 13.1 Å². The third-order valence-corrected chi connectivity index (χ3v) is 5.79. The lowest BCUT2D eigenvalue weighted by molar-refractivity contribution is -0.136. The molecule has 0 unspecified atom stereocenters. The SMILES string of the molecule is Cc1nc(C=CC(=O)Nc2nc3nc(-c4ccccc4)cc(C(F)(F)F)c3s2)cs1. The minimum Gasteiger partial charge on any atom is -0.298 e. The number of hydrogen-bond acceptors (Lipinski definition) is 6. The molecule has 0 bridgehead atoms. The predicted molar refractivity (Wildman–Crippen MR) is 112 cm³/mol. The Balaban J connectivity index is 1.67. The highest BCUT2D eigenvalue weighted by atomic mass is 32.1. The highest BCUT2D eigenvalue weighted by molar-refractivity contribution is 7.22. The van der Waals surface area contributed by atoms with Crippen LogP contribution in [0.3, 0.4) is 0 Å². The summed E-state index contributed by atoms with van der Waals surface area (Å²) in [6.07, 6.45) is -1.80. The fourth-order valence-electron chi connectivity index (χ4n) is 2.70. The summed E-state index contributed by atoms with van der Waals surface area (Å²) in [5.41, 5.74) is 0.439. The van der Waals surface area contributed by atoms with Crippen LogP contribution in [0.5, 0.6) is 0 Å². The number of thiazole rings is 2. The topological polar surface area (TPSA) is 67.8 Å². The number of carbonyl (C=O) groups excluding carboxylic acids is 1. The molecule has 1 aromatic carbocycles. The number of halogens is 3. The Bertz CT molecular complexity index is 1250. The van der Waals surface area contributed by atoms with Gasteiger partial charge >= 0.3 is 6.18 Å². The number of amides is 1. The first-order valence-electron chi connectivity index (χ1n) is 8.65. The summed E-state index contributed by atoms with van der Waals surface area (Å²) in [7, 11) is 0. The Labute approximate surface area is 177 Å². The van der Waals surface area contributed by atoms with E-state index < -0.39 is 17.6 Å². The fourth-order valence-corrected chi connectivity index (χ4v) is 4.22. The van der Waals surface area contributed by atoms with Crippen molar-refractivity contribution in [2.24, 2.45) is 0 Å². The number of aromatic nitrogens is 3. The summed E-state index contributed by atoms with van der Waals surface area (Å²) in [4.78, 5) is 24.7. The average Bonchev–Trinajstić information content (AvgIpc) is 3.30. The van der Waals surface area contributed by atoms with E-state index in [-0.39, 0.29) is 21.2 Å². The van der Waals surface area contributed by atoms with Crippen molar-refractivity contribution in [1.29, 1.82) is 0 Å². The minimum absolute atomic E-state index is 0.0392. The smallest absolute Gasteiger partial charge is 0.298 e. The molecule has 0 radical (unpaired) electrons. The summed E-state index contributed by atoms with van der Waals surface area (Å²) >= 11 is 2.18. The Kier molecular flexibility index (Phi) is 5.35. The second-order valence-corrected chi connectivity index (χ2v) is 8.27. The van der Waals surface area contributed by atoms with Crippen LogP contribution in [0.4, 0.5) is 18.3 Å². The Morgan fingerprint density at radius 1 is 1.13 bits per heavy atom. The number of carbonyl (C=O) groups is 1. The van der Waals surface area contributed by atoms with Gasteiger partial charge in [-0.15, -0.1) is 11.3 Å². The number of pyridine rings is 1. The molecule has 1 amide bonds. The van der Waals surface area contributed by atoms with E-state index in [0.29, 0.717) is 11.3 Å². The molecule has 152 valence electrons. The zero-order valence-corrected chi connectivity index (χ0v) is 17.0. The molecule has 0 aliphatic carbocycles. The second-order valence-electron chi connectivity index (χ2n) is 6.20. The molecule has 4 rings (SSSR count). The molecule has 0 saturated carbocycles. The van der Waals surface area contributed by atoms with Crippen LogP contribution in [0.15, 0.2) is 47.9 Å². The Morgan fingerprint density at radius 3 is 2.57 bits per heavy atom. The van der Waals surface area contributed by atoms with E-state index in [4.69, 9.17) is 0 Å². The number of aryl methyl sites for hydroxylation is 1. The molecule has 0 aliphatic heterocycles. The van der Waals surface area contributed by atoms with Gasteiger partial charge in [0.15, 0.2) is 10.8 Å². The Morgan fingerprint density at radius 2 is 1.90 bits per heavy atom. The van der Waals surface area contributed by atoms with Crippen molar-refractivity contribution in [1.82, 2.24) is 15.0 Å². The van der Waals surface area contributed by atoms with Crippen molar-refractivity contribution >= 4 is 50.1 Å². The van der Waals surface area contributed by atoms with Crippen molar-refractivity contribution in [3.8, 4) is 11.3 Å². The van der Waals surface area contributed by atoms with Crippen LogP contribution < -0.4 is 5.32 Å². The van der Waals surface area contributed by atoms with Gasteiger partial charge in [-0.25, -0.2) is 9.97 Å². The highest BCUT2D eigenvalue weighted by Gasteiger charge is 2.35. The molecular formula is C20H13F3N4OS2. The summed E-state index contributed by atoms with van der Waals surface area (Å²) in [6.45, 7) is 1.85. The number of nitrogens with one attached hydrogen (secondary N) is 1. The number of benzene rings is 1. The van der Waals surface area contributed by atoms with Gasteiger partial charge in [-0.1, -0.05) is 41.7 Å². The first-order chi connectivity index (χ1) is 14.3. The number of rotatable bonds is 4. The maximum Gasteiger partial charge on any atom is 0.417 e. The van der Waals surface area contributed by atoms with Crippen LogP contribution >= 0.6 is 22.7 Å². The van der Waals surface area contributed by atoms with Gasteiger partial charge in [0.05, 0.1) is 26.7 Å². The van der Waals surface area contributed by atoms with Crippen LogP contribution in [0.25, 0.3) is 27.7 Å². The lowest BCUT2D eigenvalue weighted by Gasteiger charge is -2.09. The van der Waals surface area contributed by atoms with Gasteiger partial charge in [0.2, 0.25) is 5.91 Å². The molecular weight excluding hydrogens is 433 g/mol. The molecule has 0 atom stereocenters. The van der Waals surface area contributed by atoms with Gasteiger partial charge in [-0.3, -0.25) is 10.1 Å². The molecule has 0 saturated heterocycles. The predicted octanol–water partition coefficient (Wildman–Crippen LogP) is 5.79. The molecule has 0 spiro atoms. The molecule has 0 aliphatic rings. The molecule has 3 aromatic heterocycles. The van der Waals surface area contributed by atoms with Gasteiger partial charge in [0, 0.05) is 17.0 Å². The van der Waals surface area contributed by atoms with Crippen LogP contribution in [0.2, 0.25) is 0 Å². The van der Waals surface area contributed by atoms with E-state index in [1.54, 1.807) is 35.7 Å². The fraction of sp³-hybridized carbons (Fsp3) is 0.100. The average molecular weight is 446 g/mol. The molecule has 1 N–H and O–H groups in total. The van der Waals surface area contributed by atoms with Gasteiger partial charge < -0.3 is 0 Å². The van der Waals surface area contributed by atoms with Gasteiger partial charge in [-0.2, -0.15) is 18.2 Å². The Hall–Kier alpha value is -3.11. The summed E-state index contributed by atoms with van der Waals surface area (Å²) in [5.74, 6) is -0.517. The molecule has 5 nitrogen and oxygen atoms in total. The van der Waals surface area contributed by atoms with E-state index in [9.17, 15) is 18.0 Å². The maximum atomic E-state index is 13.6. The van der Waals surface area contributed by atoms with E-state index in [1.807, 2.05) is 6.92 Å². The van der Waals surface area contributed by atoms with Gasteiger partial charge in [0.1, 0.15) is 0 Å². The molecule has 30 heavy (non-hydrogen) atoms. The van der Waals surface area contributed by atoms with E-state index in [0.717, 1.165) is 22.4 Å². The second kappa shape index (κ2) is 7.96. The molecule has 0 fully saturated rings. The number of fused-ring (bicyclic) bond motifs is 1. The third-order valence-electron chi connectivity index (χ3n) is 4.01. The first kappa shape index (κ1) is 20.2. The maximum absolute atomic E-state index is 13.6. The summed E-state index contributed by atoms with van der Waals surface area (Å²) < 4.78 is 40.8. The molecule has 4 aromatic rings. The van der Waals surface area contributed by atoms with Crippen LogP contribution in [-0.4, -0.2) is 20.9 Å². The van der Waals surface area contributed by atoms with Crippen molar-refractivity contribution < 1.29 is 18.0 Å². The van der Waals surface area contributed by atoms with Crippen molar-refractivity contribution in [2.75, 3.05) is 5.32 Å². The standard InChI is InChI=1S/C20H13F3N4OS2/c1-11-24-13(10-29-11)7-8-16(28)26-19-27-18-17(30-19)14(20(21,22)23)9-15(25-18)12-5-3-2-4-6-12/h2-10H,1H3,(H,25,26,27,28). The number of alkyl halides is 3. The monoisotopic (exact) mass is 446 g/mol. The van der Waals surface area contributed by atoms with Gasteiger partial charge in [-0.05, 0) is 19.1 Å². The van der Waals surface area contributed by atoms with Crippen molar-refractivity contribution in [3.05, 3.63) is 64.1 Å². The van der Waals surface area contributed by atoms with Crippen LogP contribution in [0, 0.1) is 6.92 Å². The van der Waals surface area contributed by atoms with E-state index in [2.05, 4.69) is 20.3 Å². The zero-order valence-electron chi connectivity index (χ0n) is 15.4. The quantitative estimate of drug-likeness (QED) is 0.403. The van der Waals surface area contributed by atoms with Crippen molar-refractivity contribution in [3.63, 3.8) is 0 Å². The normalized spacial score (nSPS) is 12.0.